The van der Waals surface area contributed by atoms with Crippen molar-refractivity contribution in [1.29, 1.82) is 0 Å². The Hall–Kier alpha value is -1.75. The van der Waals surface area contributed by atoms with Crippen LogP contribution in [0.5, 0.6) is 5.75 Å². The second-order valence-corrected chi connectivity index (χ2v) is 5.94. The number of rotatable bonds is 5. The lowest BCUT2D eigenvalue weighted by Crippen LogP contribution is -2.43. The Morgan fingerprint density at radius 1 is 1.43 bits per heavy atom. The van der Waals surface area contributed by atoms with Crippen molar-refractivity contribution in [2.45, 2.75) is 19.9 Å². The van der Waals surface area contributed by atoms with Gasteiger partial charge in [0, 0.05) is 19.1 Å². The van der Waals surface area contributed by atoms with Crippen LogP contribution in [0.1, 0.15) is 24.2 Å². The lowest BCUT2D eigenvalue weighted by atomic mass is 10.0. The Morgan fingerprint density at radius 2 is 2.19 bits per heavy atom. The molecule has 0 saturated carbocycles. The van der Waals surface area contributed by atoms with E-state index in [0.29, 0.717) is 36.4 Å². The predicted molar refractivity (Wildman–Crippen MR) is 85.1 cm³/mol. The first-order chi connectivity index (χ1) is 10.0. The molecule has 0 fully saturated rings. The van der Waals surface area contributed by atoms with Gasteiger partial charge in [0.15, 0.2) is 5.75 Å². The maximum absolute atomic E-state index is 12.4. The number of carbonyl (C=O) groups excluding carboxylic acids is 1. The van der Waals surface area contributed by atoms with E-state index in [-0.39, 0.29) is 5.91 Å². The zero-order valence-electron chi connectivity index (χ0n) is 13.3. The number of benzene rings is 1. The van der Waals surface area contributed by atoms with Crippen LogP contribution in [-0.4, -0.2) is 50.6 Å². The van der Waals surface area contributed by atoms with Gasteiger partial charge >= 0.3 is 0 Å². The highest BCUT2D eigenvalue weighted by Gasteiger charge is 2.21. The number of para-hydroxylation sites is 1. The molecule has 0 radical (unpaired) electrons. The van der Waals surface area contributed by atoms with Crippen LogP contribution in [-0.2, 0) is 0 Å². The number of amides is 1. The van der Waals surface area contributed by atoms with Gasteiger partial charge < -0.3 is 20.3 Å². The average molecular weight is 291 g/mol. The Kier molecular flexibility index (Phi) is 5.07. The third kappa shape index (κ3) is 3.67. The van der Waals surface area contributed by atoms with Crippen molar-refractivity contribution in [2.24, 2.45) is 5.92 Å². The van der Waals surface area contributed by atoms with Crippen molar-refractivity contribution in [3.63, 3.8) is 0 Å². The monoisotopic (exact) mass is 291 g/mol. The molecular formula is C16H25N3O2. The summed E-state index contributed by atoms with van der Waals surface area (Å²) >= 11 is 0. The van der Waals surface area contributed by atoms with Crippen LogP contribution in [0.2, 0.25) is 0 Å². The second kappa shape index (κ2) is 6.80. The summed E-state index contributed by atoms with van der Waals surface area (Å²) in [6.07, 6.45) is 0. The van der Waals surface area contributed by atoms with Crippen molar-refractivity contribution in [1.82, 2.24) is 10.2 Å². The van der Waals surface area contributed by atoms with Gasteiger partial charge in [-0.1, -0.05) is 19.9 Å². The average Bonchev–Trinajstić information content (AvgIpc) is 2.46. The Balaban J connectivity index is 2.07. The molecule has 1 aromatic rings. The molecule has 5 nitrogen and oxygen atoms in total. The first-order valence-corrected chi connectivity index (χ1v) is 7.45. The maximum Gasteiger partial charge on any atom is 0.255 e. The van der Waals surface area contributed by atoms with Gasteiger partial charge in [-0.2, -0.15) is 0 Å². The Bertz CT molecular complexity index is 492. The molecule has 2 N–H and O–H groups in total. The van der Waals surface area contributed by atoms with Crippen molar-refractivity contribution in [3.8, 4) is 5.75 Å². The van der Waals surface area contributed by atoms with Crippen LogP contribution in [0.3, 0.4) is 0 Å². The van der Waals surface area contributed by atoms with E-state index in [1.807, 2.05) is 26.2 Å². The van der Waals surface area contributed by atoms with Gasteiger partial charge in [0.25, 0.3) is 5.91 Å². The number of likely N-dealkylation sites (N-methyl/N-ethyl adjacent to an activating group) is 1. The molecule has 116 valence electrons. The van der Waals surface area contributed by atoms with Crippen molar-refractivity contribution in [3.05, 3.63) is 23.8 Å². The molecule has 1 aliphatic heterocycles. The van der Waals surface area contributed by atoms with E-state index in [4.69, 9.17) is 4.74 Å². The minimum absolute atomic E-state index is 0.0805. The molecule has 1 aromatic carbocycles. The van der Waals surface area contributed by atoms with Gasteiger partial charge in [0.05, 0.1) is 11.3 Å². The minimum atomic E-state index is -0.0805. The van der Waals surface area contributed by atoms with Gasteiger partial charge in [-0.05, 0) is 32.1 Å². The highest BCUT2D eigenvalue weighted by atomic mass is 16.5. The van der Waals surface area contributed by atoms with Gasteiger partial charge in [0.2, 0.25) is 0 Å². The molecule has 1 atom stereocenters. The molecular weight excluding hydrogens is 266 g/mol. The van der Waals surface area contributed by atoms with Crippen molar-refractivity contribution in [2.75, 3.05) is 39.1 Å². The van der Waals surface area contributed by atoms with Gasteiger partial charge in [-0.15, -0.1) is 0 Å². The quantitative estimate of drug-likeness (QED) is 0.869. The van der Waals surface area contributed by atoms with Crippen LogP contribution in [0, 0.1) is 5.92 Å². The lowest BCUT2D eigenvalue weighted by molar-refractivity contribution is 0.0930. The zero-order valence-corrected chi connectivity index (χ0v) is 13.3. The number of nitrogens with zero attached hydrogens (tertiary/aromatic N) is 1. The molecule has 1 amide bonds. The molecule has 1 aliphatic rings. The molecule has 0 saturated heterocycles. The number of hydrogen-bond acceptors (Lipinski definition) is 4. The van der Waals surface area contributed by atoms with E-state index in [1.54, 1.807) is 6.07 Å². The van der Waals surface area contributed by atoms with Gasteiger partial charge in [-0.3, -0.25) is 4.79 Å². The minimum Gasteiger partial charge on any atom is -0.489 e. The molecule has 21 heavy (non-hydrogen) atoms. The first-order valence-electron chi connectivity index (χ1n) is 7.45. The predicted octanol–water partition coefficient (Wildman–Crippen LogP) is 1.81. The van der Waals surface area contributed by atoms with Gasteiger partial charge in [0.1, 0.15) is 6.61 Å². The summed E-state index contributed by atoms with van der Waals surface area (Å²) in [6, 6.07) is 5.93. The van der Waals surface area contributed by atoms with E-state index in [0.717, 1.165) is 12.2 Å². The van der Waals surface area contributed by atoms with Crippen LogP contribution in [0.25, 0.3) is 0 Å². The maximum atomic E-state index is 12.4. The summed E-state index contributed by atoms with van der Waals surface area (Å²) < 4.78 is 5.64. The number of carbonyl (C=O) groups is 1. The van der Waals surface area contributed by atoms with Crippen LogP contribution in [0.4, 0.5) is 5.69 Å². The molecule has 1 heterocycles. The number of nitrogens with one attached hydrogen (secondary N) is 2. The van der Waals surface area contributed by atoms with Crippen molar-refractivity contribution < 1.29 is 9.53 Å². The summed E-state index contributed by atoms with van der Waals surface area (Å²) in [5, 5.41) is 6.27. The van der Waals surface area contributed by atoms with Crippen LogP contribution < -0.4 is 15.4 Å². The van der Waals surface area contributed by atoms with E-state index >= 15 is 0 Å². The molecule has 0 spiro atoms. The first kappa shape index (κ1) is 15.6. The van der Waals surface area contributed by atoms with E-state index in [9.17, 15) is 4.79 Å². The summed E-state index contributed by atoms with van der Waals surface area (Å²) in [5.41, 5.74) is 1.49. The van der Waals surface area contributed by atoms with Crippen LogP contribution in [0.15, 0.2) is 18.2 Å². The third-order valence-electron chi connectivity index (χ3n) is 3.83. The largest absolute Gasteiger partial charge is 0.489 e. The van der Waals surface area contributed by atoms with Crippen molar-refractivity contribution >= 4 is 11.6 Å². The fraction of sp³-hybridized carbons (Fsp3) is 0.562. The summed E-state index contributed by atoms with van der Waals surface area (Å²) in [7, 11) is 4.07. The second-order valence-electron chi connectivity index (χ2n) is 5.94. The molecule has 0 bridgehead atoms. The number of hydrogen-bond donors (Lipinski definition) is 2. The third-order valence-corrected chi connectivity index (χ3v) is 3.83. The molecule has 0 aliphatic carbocycles. The molecule has 1 unspecified atom stereocenters. The van der Waals surface area contributed by atoms with E-state index < -0.39 is 0 Å². The summed E-state index contributed by atoms with van der Waals surface area (Å²) in [5.74, 6) is 1.05. The molecule has 2 rings (SSSR count). The Morgan fingerprint density at radius 3 is 2.86 bits per heavy atom. The molecule has 5 heteroatoms. The smallest absolute Gasteiger partial charge is 0.255 e. The molecule has 0 aromatic heterocycles. The SMILES string of the molecule is CC(C)C(CNC(=O)c1cccc2c1OCCN2)N(C)C. The lowest BCUT2D eigenvalue weighted by Gasteiger charge is -2.28. The Labute approximate surface area is 126 Å². The van der Waals surface area contributed by atoms with E-state index in [2.05, 4.69) is 29.4 Å². The highest BCUT2D eigenvalue weighted by Crippen LogP contribution is 2.31. The normalized spacial score (nSPS) is 15.1. The standard InChI is InChI=1S/C16H25N3O2/c1-11(2)14(19(3)4)10-18-16(20)12-6-5-7-13-15(12)21-9-8-17-13/h5-7,11,14,17H,8-10H2,1-4H3,(H,18,20). The topological polar surface area (TPSA) is 53.6 Å². The van der Waals surface area contributed by atoms with Crippen LogP contribution >= 0.6 is 0 Å². The number of fused-ring (bicyclic) bond motifs is 1. The summed E-state index contributed by atoms with van der Waals surface area (Å²) in [4.78, 5) is 14.6. The number of ether oxygens (including phenoxy) is 1. The van der Waals surface area contributed by atoms with E-state index in [1.165, 1.54) is 0 Å². The highest BCUT2D eigenvalue weighted by molar-refractivity contribution is 5.99. The zero-order chi connectivity index (χ0) is 15.4. The van der Waals surface area contributed by atoms with Gasteiger partial charge in [-0.25, -0.2) is 0 Å². The summed E-state index contributed by atoms with van der Waals surface area (Å²) in [6.45, 7) is 6.31. The fourth-order valence-electron chi connectivity index (χ4n) is 2.66. The number of anilines is 1. The fourth-order valence-corrected chi connectivity index (χ4v) is 2.66.